The first kappa shape index (κ1) is 17.2. The minimum atomic E-state index is -0.303. The van der Waals surface area contributed by atoms with Crippen molar-refractivity contribution in [3.63, 3.8) is 0 Å². The third-order valence-corrected chi connectivity index (χ3v) is 3.50. The second-order valence-corrected chi connectivity index (χ2v) is 6.16. The molecule has 0 saturated heterocycles. The fourth-order valence-corrected chi connectivity index (χ4v) is 2.31. The number of halogens is 1. The Balaban J connectivity index is 5.54. The summed E-state index contributed by atoms with van der Waals surface area (Å²) >= 11 is 0. The molecular weight excluding hydrogens is 223 g/mol. The molecule has 104 valence electrons. The van der Waals surface area contributed by atoms with Crippen LogP contribution in [-0.2, 0) is 0 Å². The molecule has 0 N–H and O–H groups in total. The Hall–Kier alpha value is -0.850. The molecule has 0 aromatic carbocycles. The van der Waals surface area contributed by atoms with Gasteiger partial charge >= 0.3 is 0 Å². The number of unbranched alkanes of at least 4 members (excludes halogenated alkanes) is 1. The van der Waals surface area contributed by atoms with E-state index in [1.54, 1.807) is 0 Å². The molecule has 0 fully saturated rings. The molecule has 0 saturated carbocycles. The lowest BCUT2D eigenvalue weighted by Crippen LogP contribution is -2.12. The Labute approximate surface area is 113 Å². The Morgan fingerprint density at radius 3 is 1.89 bits per heavy atom. The predicted molar refractivity (Wildman–Crippen MR) is 80.3 cm³/mol. The van der Waals surface area contributed by atoms with Crippen LogP contribution in [-0.4, -0.2) is 0 Å². The monoisotopic (exact) mass is 252 g/mol. The Bertz CT molecular complexity index is 362. The first-order valence-electron chi connectivity index (χ1n) is 6.85. The molecule has 18 heavy (non-hydrogen) atoms. The van der Waals surface area contributed by atoms with Gasteiger partial charge in [-0.1, -0.05) is 46.3 Å². The zero-order valence-corrected chi connectivity index (χ0v) is 13.2. The summed E-state index contributed by atoms with van der Waals surface area (Å²) in [5.41, 5.74) is 4.16. The van der Waals surface area contributed by atoms with E-state index < -0.39 is 0 Å². The van der Waals surface area contributed by atoms with Gasteiger partial charge in [-0.15, -0.1) is 0 Å². The molecule has 0 unspecified atom stereocenters. The summed E-state index contributed by atoms with van der Waals surface area (Å²) in [7, 11) is 0. The van der Waals surface area contributed by atoms with Gasteiger partial charge in [0.2, 0.25) is 0 Å². The van der Waals surface area contributed by atoms with Gasteiger partial charge in [-0.3, -0.25) is 0 Å². The van der Waals surface area contributed by atoms with E-state index >= 15 is 0 Å². The van der Waals surface area contributed by atoms with Crippen molar-refractivity contribution in [3.05, 3.63) is 34.7 Å². The minimum absolute atomic E-state index is 0.206. The van der Waals surface area contributed by atoms with E-state index in [0.717, 1.165) is 17.6 Å². The van der Waals surface area contributed by atoms with Crippen molar-refractivity contribution in [1.29, 1.82) is 0 Å². The predicted octanol–water partition coefficient (Wildman–Crippen LogP) is 6.36. The van der Waals surface area contributed by atoms with E-state index in [0.29, 0.717) is 0 Å². The zero-order valence-electron chi connectivity index (χ0n) is 13.2. The highest BCUT2D eigenvalue weighted by Crippen LogP contribution is 2.36. The van der Waals surface area contributed by atoms with Crippen molar-refractivity contribution in [3.8, 4) is 0 Å². The molecule has 0 rings (SSSR count). The standard InChI is InChI=1S/C17H29F/c1-9-10-11-12(2)13(3)14(4)16(15(5)18)17(6,7)8/h5,9-11H2,1-4,6-8H3/b13-12-,16-14+. The third-order valence-electron chi connectivity index (χ3n) is 3.50. The SMILES string of the molecule is C=C(F)/C(=C(C)\C(C)=C(\C)CCCC)C(C)(C)C. The zero-order chi connectivity index (χ0) is 14.5. The average Bonchev–Trinajstić information content (AvgIpc) is 2.21. The van der Waals surface area contributed by atoms with Gasteiger partial charge in [0.05, 0.1) is 0 Å². The van der Waals surface area contributed by atoms with Crippen LogP contribution in [0.2, 0.25) is 0 Å². The van der Waals surface area contributed by atoms with Gasteiger partial charge in [-0.2, -0.15) is 0 Å². The highest BCUT2D eigenvalue weighted by Gasteiger charge is 2.23. The third kappa shape index (κ3) is 4.80. The van der Waals surface area contributed by atoms with Gasteiger partial charge in [-0.05, 0) is 55.7 Å². The largest absolute Gasteiger partial charge is 0.207 e. The van der Waals surface area contributed by atoms with E-state index in [2.05, 4.69) is 27.4 Å². The van der Waals surface area contributed by atoms with Crippen molar-refractivity contribution in [1.82, 2.24) is 0 Å². The summed E-state index contributed by atoms with van der Waals surface area (Å²) in [4.78, 5) is 0. The van der Waals surface area contributed by atoms with Gasteiger partial charge in [-0.25, -0.2) is 4.39 Å². The number of rotatable bonds is 5. The second kappa shape index (κ2) is 6.92. The Morgan fingerprint density at radius 1 is 1.06 bits per heavy atom. The second-order valence-electron chi connectivity index (χ2n) is 6.16. The minimum Gasteiger partial charge on any atom is -0.207 e. The molecule has 0 aliphatic carbocycles. The summed E-state index contributed by atoms with van der Waals surface area (Å²) in [6, 6.07) is 0. The Kier molecular flexibility index (Phi) is 6.59. The van der Waals surface area contributed by atoms with Crippen molar-refractivity contribution in [2.45, 2.75) is 67.7 Å². The maximum atomic E-state index is 13.7. The molecule has 0 aliphatic heterocycles. The van der Waals surface area contributed by atoms with Gasteiger partial charge in [0.15, 0.2) is 0 Å². The van der Waals surface area contributed by atoms with Crippen LogP contribution in [0.3, 0.4) is 0 Å². The number of hydrogen-bond acceptors (Lipinski definition) is 0. The molecule has 1 heteroatoms. The van der Waals surface area contributed by atoms with Crippen LogP contribution in [0.5, 0.6) is 0 Å². The van der Waals surface area contributed by atoms with Crippen molar-refractivity contribution >= 4 is 0 Å². The lowest BCUT2D eigenvalue weighted by molar-refractivity contribution is 0.471. The van der Waals surface area contributed by atoms with Crippen LogP contribution in [0.1, 0.15) is 67.7 Å². The van der Waals surface area contributed by atoms with Gasteiger partial charge < -0.3 is 0 Å². The molecule has 0 bridgehead atoms. The maximum absolute atomic E-state index is 13.7. The summed E-state index contributed by atoms with van der Waals surface area (Å²) in [5, 5.41) is 0. The van der Waals surface area contributed by atoms with Crippen LogP contribution in [0, 0.1) is 5.41 Å². The molecule has 0 nitrogen and oxygen atoms in total. The van der Waals surface area contributed by atoms with Crippen molar-refractivity contribution in [2.24, 2.45) is 5.41 Å². The van der Waals surface area contributed by atoms with Crippen LogP contribution in [0.4, 0.5) is 4.39 Å². The topological polar surface area (TPSA) is 0 Å². The van der Waals surface area contributed by atoms with Gasteiger partial charge in [0.1, 0.15) is 5.83 Å². The molecule has 0 atom stereocenters. The van der Waals surface area contributed by atoms with Crippen molar-refractivity contribution < 1.29 is 4.39 Å². The highest BCUT2D eigenvalue weighted by molar-refractivity contribution is 5.44. The first-order valence-corrected chi connectivity index (χ1v) is 6.85. The lowest BCUT2D eigenvalue weighted by atomic mass is 9.80. The van der Waals surface area contributed by atoms with Gasteiger partial charge in [0, 0.05) is 0 Å². The molecule has 0 aromatic heterocycles. The smallest absolute Gasteiger partial charge is 0.120 e. The lowest BCUT2D eigenvalue weighted by Gasteiger charge is -2.25. The molecule has 0 amide bonds. The average molecular weight is 252 g/mol. The van der Waals surface area contributed by atoms with Crippen LogP contribution < -0.4 is 0 Å². The fourth-order valence-electron chi connectivity index (χ4n) is 2.31. The number of hydrogen-bond donors (Lipinski definition) is 0. The first-order chi connectivity index (χ1) is 8.12. The normalized spacial score (nSPS) is 15.1. The maximum Gasteiger partial charge on any atom is 0.120 e. The summed E-state index contributed by atoms with van der Waals surface area (Å²) in [6.07, 6.45) is 3.48. The van der Waals surface area contributed by atoms with Crippen LogP contribution in [0.15, 0.2) is 34.7 Å². The Morgan fingerprint density at radius 2 is 1.56 bits per heavy atom. The van der Waals surface area contributed by atoms with E-state index in [1.807, 2.05) is 27.7 Å². The van der Waals surface area contributed by atoms with E-state index in [1.165, 1.54) is 24.0 Å². The summed E-state index contributed by atoms with van der Waals surface area (Å²) in [5.74, 6) is -0.303. The molecule has 0 spiro atoms. The molecule has 0 heterocycles. The highest BCUT2D eigenvalue weighted by atomic mass is 19.1. The number of allylic oxidation sites excluding steroid dienone is 5. The summed E-state index contributed by atoms with van der Waals surface area (Å²) in [6.45, 7) is 18.0. The molecule has 0 radical (unpaired) electrons. The fraction of sp³-hybridized carbons (Fsp3) is 0.647. The quantitative estimate of drug-likeness (QED) is 0.499. The summed E-state index contributed by atoms with van der Waals surface area (Å²) < 4.78 is 13.7. The van der Waals surface area contributed by atoms with Crippen LogP contribution >= 0.6 is 0 Å². The molecular formula is C17H29F. The van der Waals surface area contributed by atoms with Gasteiger partial charge in [0.25, 0.3) is 0 Å². The molecule has 0 aromatic rings. The van der Waals surface area contributed by atoms with Crippen molar-refractivity contribution in [2.75, 3.05) is 0 Å². The van der Waals surface area contributed by atoms with E-state index in [4.69, 9.17) is 0 Å². The van der Waals surface area contributed by atoms with E-state index in [9.17, 15) is 4.39 Å². The van der Waals surface area contributed by atoms with E-state index in [-0.39, 0.29) is 11.2 Å². The van der Waals surface area contributed by atoms with Crippen LogP contribution in [0.25, 0.3) is 0 Å². The molecule has 0 aliphatic rings.